The number of hydrogen-bond donors (Lipinski definition) is 4. The van der Waals surface area contributed by atoms with E-state index in [9.17, 15) is 9.59 Å². The Kier molecular flexibility index (Phi) is 10.8. The largest absolute Gasteiger partial charge is 0.478 e. The molecule has 0 atom stereocenters. The van der Waals surface area contributed by atoms with Crippen molar-refractivity contribution in [3.63, 3.8) is 0 Å². The summed E-state index contributed by atoms with van der Waals surface area (Å²) < 4.78 is 3.54. The molecule has 4 N–H and O–H groups in total. The van der Waals surface area contributed by atoms with Gasteiger partial charge in [0.15, 0.2) is 11.3 Å². The van der Waals surface area contributed by atoms with Crippen LogP contribution >= 0.6 is 0 Å². The highest BCUT2D eigenvalue weighted by Gasteiger charge is 2.13. The van der Waals surface area contributed by atoms with Crippen LogP contribution in [0.5, 0.6) is 0 Å². The standard InChI is InChI=1S/C27H23N5O.C20H16N4O2/c1-19-16-25-30-24(21-10-6-3-7-11-21)17-26(32(25)31-19)29-23-14-12-22(13-15-23)27(33)28-18-20-8-4-2-5-9-20;1-13-11-18-22-17(14-5-3-2-4-6-14)12-19(24(18)23-13)21-16-9-7-15(8-10-16)20(25)26/h2-17,29H,18H2,1H3,(H,28,33);2-12,21H,1H3,(H,25,26). The number of carboxylic acids is 1. The number of carbonyl (C=O) groups is 2. The molecule has 12 nitrogen and oxygen atoms in total. The second kappa shape index (κ2) is 16.9. The highest BCUT2D eigenvalue weighted by molar-refractivity contribution is 5.94. The Morgan fingerprint density at radius 1 is 0.542 bits per heavy atom. The molecule has 4 heterocycles. The average molecular weight is 778 g/mol. The summed E-state index contributed by atoms with van der Waals surface area (Å²) in [7, 11) is 0. The fourth-order valence-corrected chi connectivity index (χ4v) is 6.45. The molecule has 0 radical (unpaired) electrons. The number of carboxylic acid groups (broad SMARTS) is 1. The maximum absolute atomic E-state index is 12.5. The van der Waals surface area contributed by atoms with Crippen LogP contribution in [0.2, 0.25) is 0 Å². The van der Waals surface area contributed by atoms with Crippen LogP contribution in [0.25, 0.3) is 33.8 Å². The Bertz CT molecular complexity index is 2880. The van der Waals surface area contributed by atoms with E-state index in [1.165, 1.54) is 0 Å². The number of fused-ring (bicyclic) bond motifs is 2. The molecule has 0 saturated carbocycles. The predicted molar refractivity (Wildman–Crippen MR) is 230 cm³/mol. The Balaban J connectivity index is 0.000000169. The van der Waals surface area contributed by atoms with Gasteiger partial charge in [0.25, 0.3) is 5.91 Å². The van der Waals surface area contributed by atoms with Gasteiger partial charge < -0.3 is 21.1 Å². The zero-order chi connectivity index (χ0) is 40.7. The van der Waals surface area contributed by atoms with E-state index >= 15 is 0 Å². The first kappa shape index (κ1) is 37.8. The smallest absolute Gasteiger partial charge is 0.335 e. The Morgan fingerprint density at radius 3 is 1.41 bits per heavy atom. The third-order valence-corrected chi connectivity index (χ3v) is 9.36. The van der Waals surface area contributed by atoms with E-state index < -0.39 is 5.97 Å². The second-order valence-electron chi connectivity index (χ2n) is 13.8. The van der Waals surface area contributed by atoms with Crippen LogP contribution in [-0.2, 0) is 6.54 Å². The number of nitrogens with zero attached hydrogens (tertiary/aromatic N) is 6. The number of anilines is 4. The van der Waals surface area contributed by atoms with Gasteiger partial charge in [0.05, 0.1) is 28.3 Å². The molecule has 0 bridgehead atoms. The van der Waals surface area contributed by atoms with Crippen molar-refractivity contribution in [3.8, 4) is 22.5 Å². The lowest BCUT2D eigenvalue weighted by Gasteiger charge is -2.11. The van der Waals surface area contributed by atoms with Gasteiger partial charge in [-0.25, -0.2) is 14.8 Å². The van der Waals surface area contributed by atoms with Gasteiger partial charge in [-0.15, -0.1) is 0 Å². The quantitative estimate of drug-likeness (QED) is 0.106. The van der Waals surface area contributed by atoms with Crippen LogP contribution < -0.4 is 16.0 Å². The van der Waals surface area contributed by atoms with Gasteiger partial charge >= 0.3 is 5.97 Å². The first-order chi connectivity index (χ1) is 28.8. The Hall–Kier alpha value is -8.12. The molecular weight excluding hydrogens is 739 g/mol. The summed E-state index contributed by atoms with van der Waals surface area (Å²) in [5.41, 5.74) is 10.6. The third-order valence-electron chi connectivity index (χ3n) is 9.36. The van der Waals surface area contributed by atoms with Gasteiger partial charge in [0, 0.05) is 58.9 Å². The van der Waals surface area contributed by atoms with E-state index in [1.807, 2.05) is 153 Å². The van der Waals surface area contributed by atoms with Gasteiger partial charge in [-0.3, -0.25) is 4.79 Å². The van der Waals surface area contributed by atoms with E-state index in [2.05, 4.69) is 31.1 Å². The Morgan fingerprint density at radius 2 is 0.966 bits per heavy atom. The van der Waals surface area contributed by atoms with Crippen molar-refractivity contribution < 1.29 is 14.7 Å². The fraction of sp³-hybridized carbons (Fsp3) is 0.0638. The summed E-state index contributed by atoms with van der Waals surface area (Å²) in [6.07, 6.45) is 0. The number of aromatic nitrogens is 6. The first-order valence-electron chi connectivity index (χ1n) is 18.9. The van der Waals surface area contributed by atoms with E-state index in [4.69, 9.17) is 10.1 Å². The second-order valence-corrected chi connectivity index (χ2v) is 13.8. The molecule has 5 aromatic carbocycles. The van der Waals surface area contributed by atoms with Crippen molar-refractivity contribution in [1.29, 1.82) is 0 Å². The summed E-state index contributed by atoms with van der Waals surface area (Å²) in [6, 6.07) is 51.6. The van der Waals surface area contributed by atoms with E-state index in [1.54, 1.807) is 33.3 Å². The number of amides is 1. The minimum absolute atomic E-state index is 0.106. The third kappa shape index (κ3) is 8.97. The molecule has 290 valence electrons. The normalized spacial score (nSPS) is 10.8. The molecule has 9 aromatic rings. The lowest BCUT2D eigenvalue weighted by atomic mass is 10.1. The minimum atomic E-state index is -0.947. The number of carbonyl (C=O) groups excluding carboxylic acids is 1. The van der Waals surface area contributed by atoms with Crippen molar-refractivity contribution in [2.45, 2.75) is 20.4 Å². The summed E-state index contributed by atoms with van der Waals surface area (Å²) in [4.78, 5) is 33.0. The maximum Gasteiger partial charge on any atom is 0.335 e. The van der Waals surface area contributed by atoms with Crippen LogP contribution in [0.4, 0.5) is 23.0 Å². The van der Waals surface area contributed by atoms with Gasteiger partial charge in [-0.2, -0.15) is 19.2 Å². The topological polar surface area (TPSA) is 151 Å². The molecule has 59 heavy (non-hydrogen) atoms. The van der Waals surface area contributed by atoms with Crippen molar-refractivity contribution in [2.75, 3.05) is 10.6 Å². The van der Waals surface area contributed by atoms with Crippen molar-refractivity contribution in [3.05, 3.63) is 192 Å². The van der Waals surface area contributed by atoms with E-state index in [0.29, 0.717) is 12.1 Å². The summed E-state index contributed by atoms with van der Waals surface area (Å²) in [5.74, 6) is 0.501. The average Bonchev–Trinajstić information content (AvgIpc) is 3.85. The highest BCUT2D eigenvalue weighted by atomic mass is 16.4. The zero-order valence-corrected chi connectivity index (χ0v) is 32.2. The molecular formula is C47H39N9O3. The van der Waals surface area contributed by atoms with Gasteiger partial charge in [-0.05, 0) is 67.9 Å². The van der Waals surface area contributed by atoms with Crippen molar-refractivity contribution >= 4 is 46.2 Å². The molecule has 9 rings (SSSR count). The molecule has 4 aromatic heterocycles. The van der Waals surface area contributed by atoms with Crippen LogP contribution in [-0.4, -0.2) is 46.2 Å². The summed E-state index contributed by atoms with van der Waals surface area (Å²) in [5, 5.41) is 27.8. The Labute approximate surface area is 339 Å². The highest BCUT2D eigenvalue weighted by Crippen LogP contribution is 2.27. The summed E-state index contributed by atoms with van der Waals surface area (Å²) in [6.45, 7) is 4.36. The zero-order valence-electron chi connectivity index (χ0n) is 32.2. The number of aryl methyl sites for hydroxylation is 2. The SMILES string of the molecule is Cc1cc2nc(-c3ccccc3)cc(Nc3ccc(C(=O)NCc4ccccc4)cc3)n2n1.Cc1cc2nc(-c3ccccc3)cc(Nc3ccc(C(=O)O)cc3)n2n1. The van der Waals surface area contributed by atoms with Crippen LogP contribution in [0, 0.1) is 13.8 Å². The van der Waals surface area contributed by atoms with Gasteiger partial charge in [0.1, 0.15) is 11.6 Å². The minimum Gasteiger partial charge on any atom is -0.478 e. The molecule has 0 saturated heterocycles. The number of benzene rings is 5. The molecule has 0 aliphatic carbocycles. The van der Waals surface area contributed by atoms with Gasteiger partial charge in [-0.1, -0.05) is 91.0 Å². The van der Waals surface area contributed by atoms with Crippen LogP contribution in [0.1, 0.15) is 37.7 Å². The lowest BCUT2D eigenvalue weighted by Crippen LogP contribution is -2.22. The van der Waals surface area contributed by atoms with Crippen molar-refractivity contribution in [2.24, 2.45) is 0 Å². The number of rotatable bonds is 10. The molecule has 12 heteroatoms. The van der Waals surface area contributed by atoms with E-state index in [0.717, 1.165) is 73.8 Å². The van der Waals surface area contributed by atoms with Gasteiger partial charge in [0.2, 0.25) is 0 Å². The fourth-order valence-electron chi connectivity index (χ4n) is 6.45. The first-order valence-corrected chi connectivity index (χ1v) is 18.9. The number of aromatic carboxylic acids is 1. The molecule has 1 amide bonds. The number of hydrogen-bond acceptors (Lipinski definition) is 8. The molecule has 0 aliphatic heterocycles. The van der Waals surface area contributed by atoms with Crippen LogP contribution in [0.15, 0.2) is 164 Å². The molecule has 0 unspecified atom stereocenters. The van der Waals surface area contributed by atoms with Crippen LogP contribution in [0.3, 0.4) is 0 Å². The maximum atomic E-state index is 12.5. The number of nitrogens with one attached hydrogen (secondary N) is 3. The van der Waals surface area contributed by atoms with E-state index in [-0.39, 0.29) is 11.5 Å². The predicted octanol–water partition coefficient (Wildman–Crippen LogP) is 9.52. The molecule has 0 fully saturated rings. The lowest BCUT2D eigenvalue weighted by molar-refractivity contribution is 0.0696. The summed E-state index contributed by atoms with van der Waals surface area (Å²) >= 11 is 0. The molecule has 0 spiro atoms. The monoisotopic (exact) mass is 777 g/mol. The van der Waals surface area contributed by atoms with Crippen molar-refractivity contribution in [1.82, 2.24) is 34.5 Å². The molecule has 0 aliphatic rings.